The second-order valence-corrected chi connectivity index (χ2v) is 6.76. The van der Waals surface area contributed by atoms with E-state index in [0.717, 1.165) is 48.8 Å². The zero-order valence-corrected chi connectivity index (χ0v) is 15.7. The molecule has 7 heteroatoms. The summed E-state index contributed by atoms with van der Waals surface area (Å²) >= 11 is 0. The molecule has 1 fully saturated rings. The first-order chi connectivity index (χ1) is 13.2. The highest BCUT2D eigenvalue weighted by atomic mass is 16.5. The molecular weight excluding hydrogens is 340 g/mol. The molecule has 7 nitrogen and oxygen atoms in total. The van der Waals surface area contributed by atoms with Crippen LogP contribution >= 0.6 is 0 Å². The van der Waals surface area contributed by atoms with Crippen molar-refractivity contribution < 1.29 is 4.74 Å². The van der Waals surface area contributed by atoms with E-state index in [2.05, 4.69) is 40.0 Å². The Morgan fingerprint density at radius 1 is 1.22 bits per heavy atom. The van der Waals surface area contributed by atoms with Crippen molar-refractivity contribution in [2.24, 2.45) is 0 Å². The van der Waals surface area contributed by atoms with Gasteiger partial charge in [0.25, 0.3) is 0 Å². The molecule has 1 atom stereocenters. The van der Waals surface area contributed by atoms with E-state index in [4.69, 9.17) is 9.72 Å². The molecule has 0 unspecified atom stereocenters. The molecule has 3 aromatic heterocycles. The van der Waals surface area contributed by atoms with Gasteiger partial charge < -0.3 is 4.74 Å². The summed E-state index contributed by atoms with van der Waals surface area (Å²) in [5.74, 6) is 0. The fourth-order valence-corrected chi connectivity index (χ4v) is 3.37. The molecule has 27 heavy (non-hydrogen) atoms. The van der Waals surface area contributed by atoms with Crippen LogP contribution in [0.1, 0.15) is 30.0 Å². The smallest absolute Gasteiger partial charge is 0.115 e. The van der Waals surface area contributed by atoms with Crippen LogP contribution in [0.5, 0.6) is 0 Å². The van der Waals surface area contributed by atoms with Crippen molar-refractivity contribution in [2.45, 2.75) is 33.0 Å². The number of aromatic nitrogens is 5. The summed E-state index contributed by atoms with van der Waals surface area (Å²) in [6.07, 6.45) is 7.19. The molecule has 0 saturated carbocycles. The van der Waals surface area contributed by atoms with Crippen LogP contribution in [0.25, 0.3) is 11.3 Å². The van der Waals surface area contributed by atoms with Gasteiger partial charge in [0.05, 0.1) is 23.7 Å². The van der Waals surface area contributed by atoms with E-state index in [1.165, 1.54) is 11.9 Å². The fraction of sp³-hybridized carbons (Fsp3) is 0.400. The maximum atomic E-state index is 6.02. The standard InChI is InChI=1S/C20H24N6O/c1-3-26-12-17(15(2)24-26)11-25-7-8-27-20(13-25)19-6-4-5-18(23-19)16-9-21-14-22-10-16/h4-6,9-10,12,14,20H,3,7-8,11,13H2,1-2H3/t20-/m1/s1. The van der Waals surface area contributed by atoms with Gasteiger partial charge in [0.1, 0.15) is 12.4 Å². The highest BCUT2D eigenvalue weighted by molar-refractivity contribution is 5.56. The molecule has 0 radical (unpaired) electrons. The number of nitrogens with zero attached hydrogens (tertiary/aromatic N) is 6. The van der Waals surface area contributed by atoms with Gasteiger partial charge in [-0.2, -0.15) is 5.10 Å². The molecule has 1 saturated heterocycles. The zero-order chi connectivity index (χ0) is 18.6. The monoisotopic (exact) mass is 364 g/mol. The average molecular weight is 364 g/mol. The Labute approximate surface area is 159 Å². The van der Waals surface area contributed by atoms with Gasteiger partial charge in [-0.1, -0.05) is 6.07 Å². The largest absolute Gasteiger partial charge is 0.369 e. The van der Waals surface area contributed by atoms with Crippen LogP contribution in [0.2, 0.25) is 0 Å². The lowest BCUT2D eigenvalue weighted by Crippen LogP contribution is -2.38. The third-order valence-electron chi connectivity index (χ3n) is 4.87. The normalized spacial score (nSPS) is 17.9. The molecule has 0 bridgehead atoms. The Morgan fingerprint density at radius 2 is 2.07 bits per heavy atom. The van der Waals surface area contributed by atoms with Crippen molar-refractivity contribution in [3.8, 4) is 11.3 Å². The Balaban J connectivity index is 1.49. The van der Waals surface area contributed by atoms with Gasteiger partial charge in [0.2, 0.25) is 0 Å². The number of ether oxygens (including phenoxy) is 1. The number of aryl methyl sites for hydroxylation is 2. The van der Waals surface area contributed by atoms with E-state index in [0.29, 0.717) is 6.61 Å². The Morgan fingerprint density at radius 3 is 2.85 bits per heavy atom. The van der Waals surface area contributed by atoms with Crippen LogP contribution in [0, 0.1) is 6.92 Å². The maximum absolute atomic E-state index is 6.02. The second-order valence-electron chi connectivity index (χ2n) is 6.76. The Bertz CT molecular complexity index is 894. The zero-order valence-electron chi connectivity index (χ0n) is 15.7. The van der Waals surface area contributed by atoms with E-state index in [1.54, 1.807) is 12.4 Å². The predicted molar refractivity (Wildman–Crippen MR) is 102 cm³/mol. The first-order valence-electron chi connectivity index (χ1n) is 9.32. The van der Waals surface area contributed by atoms with E-state index >= 15 is 0 Å². The van der Waals surface area contributed by atoms with Gasteiger partial charge in [-0.3, -0.25) is 9.58 Å². The number of hydrogen-bond acceptors (Lipinski definition) is 6. The minimum atomic E-state index is -0.0372. The van der Waals surface area contributed by atoms with Crippen LogP contribution in [-0.2, 0) is 17.8 Å². The predicted octanol–water partition coefficient (Wildman–Crippen LogP) is 2.64. The first kappa shape index (κ1) is 17.8. The Hall–Kier alpha value is -2.64. The molecule has 0 amide bonds. The molecule has 1 aliphatic heterocycles. The summed E-state index contributed by atoms with van der Waals surface area (Å²) in [5, 5.41) is 4.55. The quantitative estimate of drug-likeness (QED) is 0.693. The van der Waals surface area contributed by atoms with Crippen molar-refractivity contribution in [3.63, 3.8) is 0 Å². The van der Waals surface area contributed by atoms with Crippen LogP contribution in [0.3, 0.4) is 0 Å². The number of hydrogen-bond donors (Lipinski definition) is 0. The highest BCUT2D eigenvalue weighted by Crippen LogP contribution is 2.24. The molecule has 140 valence electrons. The fourth-order valence-electron chi connectivity index (χ4n) is 3.37. The van der Waals surface area contributed by atoms with E-state index in [9.17, 15) is 0 Å². The van der Waals surface area contributed by atoms with E-state index in [1.807, 2.05) is 22.9 Å². The van der Waals surface area contributed by atoms with Gasteiger partial charge in [0.15, 0.2) is 0 Å². The minimum absolute atomic E-state index is 0.0372. The van der Waals surface area contributed by atoms with Crippen molar-refractivity contribution in [1.29, 1.82) is 0 Å². The first-order valence-corrected chi connectivity index (χ1v) is 9.32. The molecule has 4 heterocycles. The van der Waals surface area contributed by atoms with Crippen LogP contribution in [0.15, 0.2) is 43.1 Å². The average Bonchev–Trinajstić information content (AvgIpc) is 3.08. The molecule has 3 aromatic rings. The van der Waals surface area contributed by atoms with E-state index < -0.39 is 0 Å². The summed E-state index contributed by atoms with van der Waals surface area (Å²) in [4.78, 5) is 15.4. The molecule has 4 rings (SSSR count). The third kappa shape index (κ3) is 4.04. The lowest BCUT2D eigenvalue weighted by Gasteiger charge is -2.32. The SMILES string of the molecule is CCn1cc(CN2CCO[C@@H](c3cccc(-c4cncnc4)n3)C2)c(C)n1. The minimum Gasteiger partial charge on any atom is -0.369 e. The highest BCUT2D eigenvalue weighted by Gasteiger charge is 2.24. The van der Waals surface area contributed by atoms with Gasteiger partial charge in [-0.05, 0) is 26.0 Å². The molecule has 0 aromatic carbocycles. The Kier molecular flexibility index (Phi) is 5.22. The number of pyridine rings is 1. The van der Waals surface area contributed by atoms with Crippen molar-refractivity contribution >= 4 is 0 Å². The van der Waals surface area contributed by atoms with Crippen molar-refractivity contribution in [1.82, 2.24) is 29.6 Å². The topological polar surface area (TPSA) is 69.0 Å². The maximum Gasteiger partial charge on any atom is 0.115 e. The third-order valence-corrected chi connectivity index (χ3v) is 4.87. The van der Waals surface area contributed by atoms with Crippen molar-refractivity contribution in [3.05, 3.63) is 60.1 Å². The number of rotatable bonds is 5. The summed E-state index contributed by atoms with van der Waals surface area (Å²) in [7, 11) is 0. The number of morpholine rings is 1. The van der Waals surface area contributed by atoms with Crippen LogP contribution < -0.4 is 0 Å². The van der Waals surface area contributed by atoms with Gasteiger partial charge >= 0.3 is 0 Å². The van der Waals surface area contributed by atoms with Crippen LogP contribution in [-0.4, -0.2) is 49.3 Å². The molecular formula is C20H24N6O. The second kappa shape index (κ2) is 7.94. The molecule has 0 aliphatic carbocycles. The van der Waals surface area contributed by atoms with Crippen LogP contribution in [0.4, 0.5) is 0 Å². The van der Waals surface area contributed by atoms with Crippen molar-refractivity contribution in [2.75, 3.05) is 19.7 Å². The summed E-state index contributed by atoms with van der Waals surface area (Å²) < 4.78 is 8.02. The van der Waals surface area contributed by atoms with Gasteiger partial charge in [0, 0.05) is 55.9 Å². The summed E-state index contributed by atoms with van der Waals surface area (Å²) in [6.45, 7) is 8.40. The summed E-state index contributed by atoms with van der Waals surface area (Å²) in [5.41, 5.74) is 5.11. The lowest BCUT2D eigenvalue weighted by atomic mass is 10.1. The summed E-state index contributed by atoms with van der Waals surface area (Å²) in [6, 6.07) is 6.02. The van der Waals surface area contributed by atoms with Gasteiger partial charge in [-0.25, -0.2) is 15.0 Å². The lowest BCUT2D eigenvalue weighted by molar-refractivity contribution is -0.0350. The molecule has 1 aliphatic rings. The van der Waals surface area contributed by atoms with Gasteiger partial charge in [-0.15, -0.1) is 0 Å². The molecule has 0 N–H and O–H groups in total. The van der Waals surface area contributed by atoms with E-state index in [-0.39, 0.29) is 6.10 Å². The molecule has 0 spiro atoms.